The Labute approximate surface area is 177 Å². The maximum Gasteiger partial charge on any atom is 0.271 e. The number of rotatable bonds is 6. The first-order valence-corrected chi connectivity index (χ1v) is 9.66. The van der Waals surface area contributed by atoms with Gasteiger partial charge in [-0.2, -0.15) is 10.2 Å². The van der Waals surface area contributed by atoms with E-state index in [1.807, 2.05) is 36.7 Å². The van der Waals surface area contributed by atoms with E-state index in [1.54, 1.807) is 24.3 Å². The highest BCUT2D eigenvalue weighted by atomic mass is 79.9. The van der Waals surface area contributed by atoms with Gasteiger partial charge in [0.15, 0.2) is 11.5 Å². The zero-order chi connectivity index (χ0) is 21.0. The Morgan fingerprint density at radius 3 is 2.62 bits per heavy atom. The molecule has 8 heteroatoms. The summed E-state index contributed by atoms with van der Waals surface area (Å²) in [6, 6.07) is 12.6. The second-order valence-electron chi connectivity index (χ2n) is 6.53. The lowest BCUT2D eigenvalue weighted by atomic mass is 10.1. The molecule has 0 unspecified atom stereocenters. The second-order valence-corrected chi connectivity index (χ2v) is 7.44. The monoisotopic (exact) mass is 456 g/mol. The van der Waals surface area contributed by atoms with Crippen molar-refractivity contribution in [2.45, 2.75) is 20.4 Å². The summed E-state index contributed by atoms with van der Waals surface area (Å²) in [5.41, 5.74) is 6.46. The maximum atomic E-state index is 12.3. The van der Waals surface area contributed by atoms with Gasteiger partial charge in [0.1, 0.15) is 0 Å². The number of carbonyl (C=O) groups excluding carboxylic acids is 1. The fraction of sp³-hybridized carbons (Fsp3) is 0.190. The van der Waals surface area contributed by atoms with Crippen LogP contribution in [0.5, 0.6) is 11.5 Å². The molecule has 0 aliphatic carbocycles. The van der Waals surface area contributed by atoms with E-state index in [0.29, 0.717) is 23.4 Å². The van der Waals surface area contributed by atoms with Gasteiger partial charge in [-0.15, -0.1) is 0 Å². The first-order valence-electron chi connectivity index (χ1n) is 8.87. The van der Waals surface area contributed by atoms with E-state index in [2.05, 4.69) is 31.6 Å². The van der Waals surface area contributed by atoms with Gasteiger partial charge in [-0.25, -0.2) is 5.43 Å². The molecule has 0 radical (unpaired) electrons. The number of carbonyl (C=O) groups is 1. The largest absolute Gasteiger partial charge is 0.504 e. The summed E-state index contributed by atoms with van der Waals surface area (Å²) in [6.07, 6.45) is 1.36. The van der Waals surface area contributed by atoms with Gasteiger partial charge in [0.2, 0.25) is 0 Å². The van der Waals surface area contributed by atoms with Crippen molar-refractivity contribution in [3.63, 3.8) is 0 Å². The van der Waals surface area contributed by atoms with Crippen LogP contribution in [0.2, 0.25) is 0 Å². The van der Waals surface area contributed by atoms with E-state index in [4.69, 9.17) is 4.74 Å². The Hall–Kier alpha value is -3.13. The molecule has 1 amide bonds. The van der Waals surface area contributed by atoms with Crippen molar-refractivity contribution in [1.29, 1.82) is 0 Å². The average molecular weight is 457 g/mol. The second kappa shape index (κ2) is 8.91. The van der Waals surface area contributed by atoms with Gasteiger partial charge < -0.3 is 9.84 Å². The Morgan fingerprint density at radius 1 is 1.28 bits per heavy atom. The summed E-state index contributed by atoms with van der Waals surface area (Å²) in [7, 11) is 1.46. The van der Waals surface area contributed by atoms with E-state index in [1.165, 1.54) is 13.3 Å². The first-order chi connectivity index (χ1) is 13.9. The van der Waals surface area contributed by atoms with Crippen LogP contribution >= 0.6 is 15.9 Å². The van der Waals surface area contributed by atoms with E-state index >= 15 is 0 Å². The number of amides is 1. The number of phenolic OH excluding ortho intramolecular Hbond substituents is 1. The molecule has 0 bridgehead atoms. The number of nitrogens with one attached hydrogen (secondary N) is 1. The molecular formula is C21H21BrN4O3. The normalized spacial score (nSPS) is 11.0. The molecule has 2 aromatic carbocycles. The molecule has 0 atom stereocenters. The molecule has 2 N–H and O–H groups in total. The van der Waals surface area contributed by atoms with Crippen LogP contribution < -0.4 is 10.2 Å². The van der Waals surface area contributed by atoms with E-state index in [-0.39, 0.29) is 11.7 Å². The number of aryl methyl sites for hydroxylation is 2. The highest BCUT2D eigenvalue weighted by molar-refractivity contribution is 9.10. The topological polar surface area (TPSA) is 88.7 Å². The van der Waals surface area contributed by atoms with Crippen molar-refractivity contribution in [3.8, 4) is 11.5 Å². The van der Waals surface area contributed by atoms with Crippen LogP contribution in [0.25, 0.3) is 0 Å². The SMILES string of the molecule is COc1cc(Br)cc(/C=N\NC(=O)c2ccc(Cn3nc(C)cc3C)cc2)c1O. The van der Waals surface area contributed by atoms with Crippen molar-refractivity contribution >= 4 is 28.1 Å². The molecule has 3 aromatic rings. The zero-order valence-electron chi connectivity index (χ0n) is 16.3. The Balaban J connectivity index is 1.65. The minimum absolute atomic E-state index is 0.0535. The lowest BCUT2D eigenvalue weighted by molar-refractivity contribution is 0.0955. The van der Waals surface area contributed by atoms with Crippen LogP contribution in [0.15, 0.2) is 52.0 Å². The number of phenols is 1. The highest BCUT2D eigenvalue weighted by Crippen LogP contribution is 2.32. The Kier molecular flexibility index (Phi) is 6.33. The fourth-order valence-corrected chi connectivity index (χ4v) is 3.30. The minimum Gasteiger partial charge on any atom is -0.504 e. The van der Waals surface area contributed by atoms with Crippen LogP contribution in [-0.2, 0) is 6.54 Å². The predicted octanol–water partition coefficient (Wildman–Crippen LogP) is 3.79. The third-order valence-electron chi connectivity index (χ3n) is 4.31. The number of hydrazone groups is 1. The molecular weight excluding hydrogens is 436 g/mol. The lowest BCUT2D eigenvalue weighted by Crippen LogP contribution is -2.17. The van der Waals surface area contributed by atoms with Crippen molar-refractivity contribution in [2.75, 3.05) is 7.11 Å². The van der Waals surface area contributed by atoms with Crippen molar-refractivity contribution in [1.82, 2.24) is 15.2 Å². The van der Waals surface area contributed by atoms with Crippen LogP contribution in [0.3, 0.4) is 0 Å². The number of halogens is 1. The molecule has 150 valence electrons. The molecule has 7 nitrogen and oxygen atoms in total. The summed E-state index contributed by atoms with van der Waals surface area (Å²) in [5.74, 6) is -0.0899. The Morgan fingerprint density at radius 2 is 2.00 bits per heavy atom. The summed E-state index contributed by atoms with van der Waals surface area (Å²) in [5, 5.41) is 18.5. The summed E-state index contributed by atoms with van der Waals surface area (Å²) < 4.78 is 7.73. The summed E-state index contributed by atoms with van der Waals surface area (Å²) in [4.78, 5) is 12.3. The maximum absolute atomic E-state index is 12.3. The number of methoxy groups -OCH3 is 1. The molecule has 1 aromatic heterocycles. The molecule has 1 heterocycles. The van der Waals surface area contributed by atoms with Gasteiger partial charge in [0.25, 0.3) is 5.91 Å². The Bertz CT molecular complexity index is 1060. The minimum atomic E-state index is -0.347. The van der Waals surface area contributed by atoms with Gasteiger partial charge >= 0.3 is 0 Å². The zero-order valence-corrected chi connectivity index (χ0v) is 17.9. The fourth-order valence-electron chi connectivity index (χ4n) is 2.84. The number of ether oxygens (including phenoxy) is 1. The molecule has 0 saturated heterocycles. The van der Waals surface area contributed by atoms with Crippen molar-refractivity contribution < 1.29 is 14.6 Å². The van der Waals surface area contributed by atoms with Gasteiger partial charge in [-0.05, 0) is 49.7 Å². The van der Waals surface area contributed by atoms with Crippen molar-refractivity contribution in [3.05, 3.63) is 75.0 Å². The predicted molar refractivity (Wildman–Crippen MR) is 115 cm³/mol. The molecule has 0 spiro atoms. The average Bonchev–Trinajstić information content (AvgIpc) is 3.01. The third kappa shape index (κ3) is 5.03. The molecule has 0 aliphatic rings. The quantitative estimate of drug-likeness (QED) is 0.436. The smallest absolute Gasteiger partial charge is 0.271 e. The summed E-state index contributed by atoms with van der Waals surface area (Å²) in [6.45, 7) is 4.61. The van der Waals surface area contributed by atoms with Crippen LogP contribution in [-0.4, -0.2) is 34.1 Å². The van der Waals surface area contributed by atoms with E-state index in [0.717, 1.165) is 21.4 Å². The van der Waals surface area contributed by atoms with Crippen LogP contribution in [0, 0.1) is 13.8 Å². The van der Waals surface area contributed by atoms with Gasteiger partial charge in [-0.1, -0.05) is 28.1 Å². The molecule has 29 heavy (non-hydrogen) atoms. The van der Waals surface area contributed by atoms with Gasteiger partial charge in [0, 0.05) is 21.3 Å². The number of benzene rings is 2. The van der Waals surface area contributed by atoms with Gasteiger partial charge in [-0.3, -0.25) is 9.48 Å². The summed E-state index contributed by atoms with van der Waals surface area (Å²) >= 11 is 3.34. The molecule has 0 fully saturated rings. The van der Waals surface area contributed by atoms with Crippen molar-refractivity contribution in [2.24, 2.45) is 5.10 Å². The van der Waals surface area contributed by atoms with E-state index < -0.39 is 0 Å². The number of nitrogens with zero attached hydrogens (tertiary/aromatic N) is 3. The van der Waals surface area contributed by atoms with Crippen LogP contribution in [0.1, 0.15) is 32.9 Å². The lowest BCUT2D eigenvalue weighted by Gasteiger charge is -2.07. The first kappa shape index (κ1) is 20.6. The van der Waals surface area contributed by atoms with E-state index in [9.17, 15) is 9.90 Å². The van der Waals surface area contributed by atoms with Crippen LogP contribution in [0.4, 0.5) is 0 Å². The standard InChI is InChI=1S/C21H21BrN4O3/c1-13-8-14(2)26(25-13)12-15-4-6-16(7-5-15)21(28)24-23-11-17-9-18(22)10-19(29-3)20(17)27/h4-11,27H,12H2,1-3H3,(H,24,28)/b23-11-. The number of aromatic hydroxyl groups is 1. The number of hydrogen-bond acceptors (Lipinski definition) is 5. The third-order valence-corrected chi connectivity index (χ3v) is 4.77. The molecule has 3 rings (SSSR count). The molecule has 0 aliphatic heterocycles. The number of aromatic nitrogens is 2. The number of hydrogen-bond donors (Lipinski definition) is 2. The molecule has 0 saturated carbocycles. The highest BCUT2D eigenvalue weighted by Gasteiger charge is 2.09. The van der Waals surface area contributed by atoms with Gasteiger partial charge in [0.05, 0.1) is 25.6 Å².